The third-order valence-electron chi connectivity index (χ3n) is 6.47. The van der Waals surface area contributed by atoms with E-state index in [9.17, 15) is 0 Å². The average Bonchev–Trinajstić information content (AvgIpc) is 3.41. The SMILES string of the molecule is CN=C(NCC1CCN(Cc2csc(C)n2)CC1)NC1CCN(c2ccc(C)cc2)C1.I. The maximum atomic E-state index is 4.61. The molecular weight excluding hydrogens is 531 g/mol. The number of rotatable bonds is 6. The average molecular weight is 569 g/mol. The van der Waals surface area contributed by atoms with E-state index in [1.54, 1.807) is 11.3 Å². The smallest absolute Gasteiger partial charge is 0.191 e. The number of anilines is 1. The van der Waals surface area contributed by atoms with Gasteiger partial charge < -0.3 is 15.5 Å². The molecule has 2 aliphatic heterocycles. The van der Waals surface area contributed by atoms with Gasteiger partial charge in [0.2, 0.25) is 0 Å². The first kappa shape index (κ1) is 25.2. The van der Waals surface area contributed by atoms with Crippen molar-refractivity contribution in [1.82, 2.24) is 20.5 Å². The van der Waals surface area contributed by atoms with Gasteiger partial charge in [-0.05, 0) is 64.3 Å². The van der Waals surface area contributed by atoms with Crippen LogP contribution in [-0.2, 0) is 6.54 Å². The Bertz CT molecular complexity index is 860. The molecule has 176 valence electrons. The highest BCUT2D eigenvalue weighted by Crippen LogP contribution is 2.21. The topological polar surface area (TPSA) is 55.8 Å². The second-order valence-corrected chi connectivity index (χ2v) is 10.0. The largest absolute Gasteiger partial charge is 0.369 e. The van der Waals surface area contributed by atoms with Gasteiger partial charge in [0.25, 0.3) is 0 Å². The molecule has 2 aliphatic rings. The lowest BCUT2D eigenvalue weighted by Crippen LogP contribution is -2.47. The Morgan fingerprint density at radius 3 is 2.53 bits per heavy atom. The summed E-state index contributed by atoms with van der Waals surface area (Å²) in [5.74, 6) is 1.65. The fourth-order valence-electron chi connectivity index (χ4n) is 4.56. The lowest BCUT2D eigenvalue weighted by Gasteiger charge is -2.32. The summed E-state index contributed by atoms with van der Waals surface area (Å²) in [7, 11) is 1.88. The highest BCUT2D eigenvalue weighted by molar-refractivity contribution is 14.0. The predicted molar refractivity (Wildman–Crippen MR) is 147 cm³/mol. The lowest BCUT2D eigenvalue weighted by atomic mass is 9.97. The molecule has 4 rings (SSSR count). The number of piperidine rings is 1. The summed E-state index contributed by atoms with van der Waals surface area (Å²) in [5, 5.41) is 10.6. The van der Waals surface area contributed by atoms with Gasteiger partial charge in [0.15, 0.2) is 5.96 Å². The number of benzene rings is 1. The Kier molecular flexibility index (Phi) is 9.61. The van der Waals surface area contributed by atoms with Crippen molar-refractivity contribution in [3.05, 3.63) is 45.9 Å². The number of likely N-dealkylation sites (tertiary alicyclic amines) is 1. The summed E-state index contributed by atoms with van der Waals surface area (Å²) in [6.45, 7) is 10.6. The Labute approximate surface area is 213 Å². The molecule has 8 heteroatoms. The summed E-state index contributed by atoms with van der Waals surface area (Å²) in [5.41, 5.74) is 3.85. The minimum Gasteiger partial charge on any atom is -0.369 e. The highest BCUT2D eigenvalue weighted by Gasteiger charge is 2.24. The summed E-state index contributed by atoms with van der Waals surface area (Å²) < 4.78 is 0. The molecule has 3 heterocycles. The van der Waals surface area contributed by atoms with Crippen LogP contribution in [0.15, 0.2) is 34.6 Å². The molecule has 1 atom stereocenters. The van der Waals surface area contributed by atoms with Crippen molar-refractivity contribution in [2.45, 2.75) is 45.7 Å². The molecule has 1 aromatic carbocycles. The van der Waals surface area contributed by atoms with Crippen LogP contribution in [0, 0.1) is 19.8 Å². The third kappa shape index (κ3) is 7.05. The zero-order valence-electron chi connectivity index (χ0n) is 19.5. The first-order valence-electron chi connectivity index (χ1n) is 11.5. The molecule has 0 saturated carbocycles. The van der Waals surface area contributed by atoms with Crippen molar-refractivity contribution in [3.8, 4) is 0 Å². The number of nitrogens with zero attached hydrogens (tertiary/aromatic N) is 4. The summed E-state index contributed by atoms with van der Waals surface area (Å²) in [6.07, 6.45) is 3.61. The van der Waals surface area contributed by atoms with Gasteiger partial charge in [-0.15, -0.1) is 35.3 Å². The first-order chi connectivity index (χ1) is 15.1. The van der Waals surface area contributed by atoms with Crippen molar-refractivity contribution in [2.24, 2.45) is 10.9 Å². The van der Waals surface area contributed by atoms with Crippen molar-refractivity contribution in [1.29, 1.82) is 0 Å². The van der Waals surface area contributed by atoms with Crippen molar-refractivity contribution in [3.63, 3.8) is 0 Å². The van der Waals surface area contributed by atoms with E-state index in [0.29, 0.717) is 12.0 Å². The second kappa shape index (κ2) is 12.2. The van der Waals surface area contributed by atoms with Crippen LogP contribution in [0.4, 0.5) is 5.69 Å². The molecule has 0 aliphatic carbocycles. The molecule has 0 amide bonds. The number of hydrogen-bond donors (Lipinski definition) is 2. The summed E-state index contributed by atoms with van der Waals surface area (Å²) >= 11 is 1.75. The van der Waals surface area contributed by atoms with Gasteiger partial charge in [-0.2, -0.15) is 0 Å². The van der Waals surface area contributed by atoms with Gasteiger partial charge in [-0.25, -0.2) is 4.98 Å². The standard InChI is InChI=1S/C24H36N6S.HI/c1-18-4-6-23(7-5-18)30-13-10-21(16-30)28-24(25-3)26-14-20-8-11-29(12-9-20)15-22-17-31-19(2)27-22;/h4-7,17,20-21H,8-16H2,1-3H3,(H2,25,26,28);1H. The number of aryl methyl sites for hydroxylation is 2. The van der Waals surface area contributed by atoms with Crippen LogP contribution in [0.2, 0.25) is 0 Å². The van der Waals surface area contributed by atoms with Crippen molar-refractivity contribution < 1.29 is 0 Å². The Hall–Kier alpha value is -1.39. The van der Waals surface area contributed by atoms with E-state index in [2.05, 4.69) is 73.9 Å². The molecule has 0 bridgehead atoms. The van der Waals surface area contributed by atoms with Crippen molar-refractivity contribution in [2.75, 3.05) is 44.7 Å². The van der Waals surface area contributed by atoms with E-state index in [1.807, 2.05) is 7.05 Å². The zero-order valence-corrected chi connectivity index (χ0v) is 22.7. The number of halogens is 1. The molecule has 2 aromatic rings. The fraction of sp³-hybridized carbons (Fsp3) is 0.583. The maximum Gasteiger partial charge on any atom is 0.191 e. The van der Waals surface area contributed by atoms with E-state index in [1.165, 1.54) is 29.8 Å². The number of thiazole rings is 1. The quantitative estimate of drug-likeness (QED) is 0.313. The molecule has 2 N–H and O–H groups in total. The molecule has 0 spiro atoms. The first-order valence-corrected chi connectivity index (χ1v) is 12.4. The van der Waals surface area contributed by atoms with Gasteiger partial charge in [0, 0.05) is 50.3 Å². The number of nitrogens with one attached hydrogen (secondary N) is 2. The third-order valence-corrected chi connectivity index (χ3v) is 7.29. The summed E-state index contributed by atoms with van der Waals surface area (Å²) in [6, 6.07) is 9.29. The molecule has 1 aromatic heterocycles. The van der Waals surface area contributed by atoms with Crippen LogP contribution in [0.5, 0.6) is 0 Å². The molecule has 2 fully saturated rings. The van der Waals surface area contributed by atoms with Crippen LogP contribution < -0.4 is 15.5 Å². The lowest BCUT2D eigenvalue weighted by molar-refractivity contribution is 0.176. The Balaban J connectivity index is 0.00000289. The molecule has 32 heavy (non-hydrogen) atoms. The fourth-order valence-corrected chi connectivity index (χ4v) is 5.16. The highest BCUT2D eigenvalue weighted by atomic mass is 127. The molecule has 0 radical (unpaired) electrons. The van der Waals surface area contributed by atoms with Crippen LogP contribution in [0.1, 0.15) is 35.5 Å². The zero-order chi connectivity index (χ0) is 21.6. The van der Waals surface area contributed by atoms with E-state index >= 15 is 0 Å². The van der Waals surface area contributed by atoms with E-state index in [4.69, 9.17) is 0 Å². The molecule has 1 unspecified atom stereocenters. The number of guanidine groups is 1. The molecule has 2 saturated heterocycles. The normalized spacial score (nSPS) is 20.3. The van der Waals surface area contributed by atoms with E-state index < -0.39 is 0 Å². The van der Waals surface area contributed by atoms with Crippen molar-refractivity contribution >= 4 is 47.0 Å². The van der Waals surface area contributed by atoms with Gasteiger partial charge in [-0.3, -0.25) is 9.89 Å². The molecular formula is C24H37IN6S. The van der Waals surface area contributed by atoms with Gasteiger partial charge in [-0.1, -0.05) is 17.7 Å². The number of aromatic nitrogens is 1. The van der Waals surface area contributed by atoms with Crippen LogP contribution in [0.3, 0.4) is 0 Å². The monoisotopic (exact) mass is 568 g/mol. The van der Waals surface area contributed by atoms with E-state index in [-0.39, 0.29) is 24.0 Å². The van der Waals surface area contributed by atoms with Crippen LogP contribution in [-0.4, -0.2) is 61.7 Å². The summed E-state index contributed by atoms with van der Waals surface area (Å²) in [4.78, 5) is 14.1. The van der Waals surface area contributed by atoms with Gasteiger partial charge >= 0.3 is 0 Å². The Morgan fingerprint density at radius 2 is 1.88 bits per heavy atom. The second-order valence-electron chi connectivity index (χ2n) is 8.94. The van der Waals surface area contributed by atoms with Gasteiger partial charge in [0.05, 0.1) is 10.7 Å². The van der Waals surface area contributed by atoms with E-state index in [0.717, 1.165) is 56.7 Å². The van der Waals surface area contributed by atoms with Gasteiger partial charge in [0.1, 0.15) is 0 Å². The van der Waals surface area contributed by atoms with Crippen LogP contribution in [0.25, 0.3) is 0 Å². The number of hydrogen-bond acceptors (Lipinski definition) is 5. The Morgan fingerprint density at radius 1 is 1.12 bits per heavy atom. The maximum absolute atomic E-state index is 4.61. The molecule has 6 nitrogen and oxygen atoms in total. The predicted octanol–water partition coefficient (Wildman–Crippen LogP) is 4.03. The number of aliphatic imine (C=N–C) groups is 1. The minimum atomic E-state index is 0. The minimum absolute atomic E-state index is 0. The van der Waals surface area contributed by atoms with Crippen LogP contribution >= 0.6 is 35.3 Å².